The van der Waals surface area contributed by atoms with Crippen molar-refractivity contribution in [1.29, 1.82) is 0 Å². The van der Waals surface area contributed by atoms with Crippen LogP contribution in [0.3, 0.4) is 0 Å². The average molecular weight is 348 g/mol. The fourth-order valence-corrected chi connectivity index (χ4v) is 2.54. The second-order valence-electron chi connectivity index (χ2n) is 5.87. The molecule has 2 N–H and O–H groups in total. The van der Waals surface area contributed by atoms with Crippen LogP contribution in [0.4, 0.5) is 4.79 Å². The maximum Gasteiger partial charge on any atom is 0.407 e. The van der Waals surface area contributed by atoms with Gasteiger partial charge in [-0.2, -0.15) is 0 Å². The van der Waals surface area contributed by atoms with Crippen molar-refractivity contribution in [1.82, 2.24) is 10.3 Å². The van der Waals surface area contributed by atoms with Gasteiger partial charge in [-0.1, -0.05) is 54.6 Å². The minimum Gasteiger partial charge on any atom is -0.445 e. The van der Waals surface area contributed by atoms with Gasteiger partial charge in [0.25, 0.3) is 0 Å². The molecule has 0 aliphatic rings. The van der Waals surface area contributed by atoms with Crippen molar-refractivity contribution >= 4 is 22.9 Å². The normalized spacial score (nSPS) is 10.9. The Balaban J connectivity index is 1.43. The molecular formula is C21H20N2O3. The highest BCUT2D eigenvalue weighted by atomic mass is 16.5. The zero-order valence-corrected chi connectivity index (χ0v) is 14.3. The average Bonchev–Trinajstić information content (AvgIpc) is 2.66. The van der Waals surface area contributed by atoms with E-state index in [9.17, 15) is 9.59 Å². The van der Waals surface area contributed by atoms with Crippen LogP contribution in [-0.2, 0) is 11.3 Å². The Morgan fingerprint density at radius 3 is 2.77 bits per heavy atom. The minimum atomic E-state index is -0.424. The van der Waals surface area contributed by atoms with E-state index in [1.807, 2.05) is 60.7 Å². The van der Waals surface area contributed by atoms with Gasteiger partial charge in [0.05, 0.1) is 0 Å². The first-order valence-corrected chi connectivity index (χ1v) is 8.44. The highest BCUT2D eigenvalue weighted by Gasteiger charge is 2.00. The molecule has 132 valence electrons. The topological polar surface area (TPSA) is 71.2 Å². The Labute approximate surface area is 151 Å². The SMILES string of the molecule is O=C(NCCC=Cc1ccc2c[nH]c(=O)cc2c1)OCc1ccccc1. The van der Waals surface area contributed by atoms with E-state index in [0.717, 1.165) is 21.9 Å². The standard InChI is InChI=1S/C21H20N2O3/c24-20-13-19-12-16(9-10-18(19)14-23-20)6-4-5-11-22-21(25)26-15-17-7-2-1-3-8-17/h1-4,6-10,12-14H,5,11,15H2,(H,22,25)(H,23,24). The number of carbonyl (C=O) groups excluding carboxylic acids is 1. The Kier molecular flexibility index (Phi) is 5.83. The quantitative estimate of drug-likeness (QED) is 0.665. The smallest absolute Gasteiger partial charge is 0.407 e. The predicted molar refractivity (Wildman–Crippen MR) is 103 cm³/mol. The first-order valence-electron chi connectivity index (χ1n) is 8.44. The molecule has 3 aromatic rings. The Morgan fingerprint density at radius 1 is 1.08 bits per heavy atom. The molecule has 0 bridgehead atoms. The zero-order valence-electron chi connectivity index (χ0n) is 14.3. The molecule has 1 heterocycles. The summed E-state index contributed by atoms with van der Waals surface area (Å²) < 4.78 is 5.15. The van der Waals surface area contributed by atoms with Crippen molar-refractivity contribution in [3.8, 4) is 0 Å². The molecule has 0 unspecified atom stereocenters. The van der Waals surface area contributed by atoms with Gasteiger partial charge in [0.2, 0.25) is 5.56 Å². The first-order chi connectivity index (χ1) is 12.7. The molecule has 0 saturated heterocycles. The number of amides is 1. The summed E-state index contributed by atoms with van der Waals surface area (Å²) in [5.41, 5.74) is 1.85. The maximum atomic E-state index is 11.6. The van der Waals surface area contributed by atoms with Gasteiger partial charge >= 0.3 is 6.09 Å². The molecule has 3 rings (SSSR count). The number of hydrogen-bond acceptors (Lipinski definition) is 3. The molecule has 0 radical (unpaired) electrons. The zero-order chi connectivity index (χ0) is 18.2. The Hall–Kier alpha value is -3.34. The lowest BCUT2D eigenvalue weighted by molar-refractivity contribution is 0.140. The van der Waals surface area contributed by atoms with Gasteiger partial charge in [-0.3, -0.25) is 4.79 Å². The van der Waals surface area contributed by atoms with Crippen LogP contribution in [0.15, 0.2) is 71.7 Å². The lowest BCUT2D eigenvalue weighted by Gasteiger charge is -2.05. The molecule has 1 aromatic heterocycles. The van der Waals surface area contributed by atoms with Crippen molar-refractivity contribution < 1.29 is 9.53 Å². The van der Waals surface area contributed by atoms with E-state index in [4.69, 9.17) is 4.74 Å². The van der Waals surface area contributed by atoms with Crippen LogP contribution < -0.4 is 10.9 Å². The Morgan fingerprint density at radius 2 is 1.92 bits per heavy atom. The molecule has 0 fully saturated rings. The van der Waals surface area contributed by atoms with E-state index in [1.54, 1.807) is 12.3 Å². The molecule has 0 aliphatic heterocycles. The van der Waals surface area contributed by atoms with Gasteiger partial charge in [0, 0.05) is 18.8 Å². The van der Waals surface area contributed by atoms with Gasteiger partial charge in [-0.15, -0.1) is 0 Å². The van der Waals surface area contributed by atoms with Crippen LogP contribution >= 0.6 is 0 Å². The molecule has 0 aliphatic carbocycles. The van der Waals surface area contributed by atoms with Crippen molar-refractivity contribution in [2.45, 2.75) is 13.0 Å². The first kappa shape index (κ1) is 17.5. The third kappa shape index (κ3) is 5.08. The van der Waals surface area contributed by atoms with Crippen molar-refractivity contribution in [2.24, 2.45) is 0 Å². The molecule has 5 nitrogen and oxygen atoms in total. The van der Waals surface area contributed by atoms with Crippen molar-refractivity contribution in [3.05, 3.63) is 88.4 Å². The van der Waals surface area contributed by atoms with Crippen LogP contribution in [0.1, 0.15) is 17.5 Å². The van der Waals surface area contributed by atoms with Gasteiger partial charge in [-0.05, 0) is 34.4 Å². The summed E-state index contributed by atoms with van der Waals surface area (Å²) >= 11 is 0. The highest BCUT2D eigenvalue weighted by Crippen LogP contribution is 2.14. The summed E-state index contributed by atoms with van der Waals surface area (Å²) in [6, 6.07) is 17.0. The van der Waals surface area contributed by atoms with E-state index in [1.165, 1.54) is 0 Å². The molecule has 0 saturated carbocycles. The van der Waals surface area contributed by atoms with Crippen molar-refractivity contribution in [2.75, 3.05) is 6.54 Å². The number of carbonyl (C=O) groups is 1. The number of hydrogen-bond donors (Lipinski definition) is 2. The lowest BCUT2D eigenvalue weighted by Crippen LogP contribution is -2.24. The van der Waals surface area contributed by atoms with Crippen LogP contribution in [0.25, 0.3) is 16.8 Å². The summed E-state index contributed by atoms with van der Waals surface area (Å²) in [4.78, 5) is 25.7. The van der Waals surface area contributed by atoms with Crippen molar-refractivity contribution in [3.63, 3.8) is 0 Å². The predicted octanol–water partition coefficient (Wildman–Crippen LogP) is 3.86. The van der Waals surface area contributed by atoms with Gasteiger partial charge < -0.3 is 15.0 Å². The maximum absolute atomic E-state index is 11.6. The number of pyridine rings is 1. The van der Waals surface area contributed by atoms with E-state index >= 15 is 0 Å². The highest BCUT2D eigenvalue weighted by molar-refractivity contribution is 5.83. The molecular weight excluding hydrogens is 328 g/mol. The minimum absolute atomic E-state index is 0.114. The summed E-state index contributed by atoms with van der Waals surface area (Å²) in [6.45, 7) is 0.760. The Bertz CT molecular complexity index is 962. The fourth-order valence-electron chi connectivity index (χ4n) is 2.54. The molecule has 0 atom stereocenters. The molecule has 1 amide bonds. The molecule has 0 spiro atoms. The molecule has 2 aromatic carbocycles. The van der Waals surface area contributed by atoms with E-state index < -0.39 is 6.09 Å². The number of rotatable bonds is 6. The van der Waals surface area contributed by atoms with Gasteiger partial charge in [-0.25, -0.2) is 4.79 Å². The number of ether oxygens (including phenoxy) is 1. The van der Waals surface area contributed by atoms with E-state index in [0.29, 0.717) is 13.0 Å². The van der Waals surface area contributed by atoms with Crippen LogP contribution in [0.5, 0.6) is 0 Å². The summed E-state index contributed by atoms with van der Waals surface area (Å²) in [5, 5.41) is 4.61. The molecule has 5 heteroatoms. The van der Waals surface area contributed by atoms with Crippen LogP contribution in [-0.4, -0.2) is 17.6 Å². The van der Waals surface area contributed by atoms with Crippen LogP contribution in [0, 0.1) is 0 Å². The number of nitrogens with one attached hydrogen (secondary N) is 2. The number of alkyl carbamates (subject to hydrolysis) is 1. The van der Waals surface area contributed by atoms with Crippen LogP contribution in [0.2, 0.25) is 0 Å². The summed E-state index contributed by atoms with van der Waals surface area (Å²) in [7, 11) is 0. The number of benzene rings is 2. The lowest BCUT2D eigenvalue weighted by atomic mass is 10.1. The monoisotopic (exact) mass is 348 g/mol. The number of H-pyrrole nitrogens is 1. The largest absolute Gasteiger partial charge is 0.445 e. The summed E-state index contributed by atoms with van der Waals surface area (Å²) in [6.07, 6.45) is 5.92. The fraction of sp³-hybridized carbons (Fsp3) is 0.143. The van der Waals surface area contributed by atoms with E-state index in [2.05, 4.69) is 10.3 Å². The van der Waals surface area contributed by atoms with E-state index in [-0.39, 0.29) is 12.2 Å². The second kappa shape index (κ2) is 8.67. The number of aromatic nitrogens is 1. The number of aromatic amines is 1. The number of fused-ring (bicyclic) bond motifs is 1. The summed E-state index contributed by atoms with van der Waals surface area (Å²) in [5.74, 6) is 0. The van der Waals surface area contributed by atoms with Gasteiger partial charge in [0.15, 0.2) is 0 Å². The molecule has 26 heavy (non-hydrogen) atoms. The van der Waals surface area contributed by atoms with Gasteiger partial charge in [0.1, 0.15) is 6.61 Å². The third-order valence-corrected chi connectivity index (χ3v) is 3.87. The second-order valence-corrected chi connectivity index (χ2v) is 5.87. The third-order valence-electron chi connectivity index (χ3n) is 3.87.